The van der Waals surface area contributed by atoms with Gasteiger partial charge in [0.1, 0.15) is 0 Å². The number of carbonyl (C=O) groups is 1. The third-order valence-corrected chi connectivity index (χ3v) is 7.36. The molecule has 2 aliphatic heterocycles. The first kappa shape index (κ1) is 19.0. The van der Waals surface area contributed by atoms with Crippen LogP contribution in [0.5, 0.6) is 0 Å². The number of nitrogens with zero attached hydrogens (tertiary/aromatic N) is 2. The Balaban J connectivity index is 1.66. The van der Waals surface area contributed by atoms with Crippen LogP contribution in [0.4, 0.5) is 5.69 Å². The Morgan fingerprint density at radius 2 is 1.89 bits per heavy atom. The highest BCUT2D eigenvalue weighted by molar-refractivity contribution is 7.92. The molecule has 2 aliphatic rings. The molecule has 1 saturated heterocycles. The average Bonchev–Trinajstić information content (AvgIpc) is 3.04. The second-order valence-electron chi connectivity index (χ2n) is 7.62. The van der Waals surface area contributed by atoms with Crippen LogP contribution in [0.3, 0.4) is 0 Å². The molecule has 1 N–H and O–H groups in total. The Hall–Kier alpha value is -2.38. The number of carbonyl (C=O) groups excluding carboxylic acids is 1. The molecule has 0 spiro atoms. The van der Waals surface area contributed by atoms with Crippen LogP contribution in [-0.4, -0.2) is 50.9 Å². The van der Waals surface area contributed by atoms with Gasteiger partial charge in [0.15, 0.2) is 0 Å². The number of anilines is 1. The van der Waals surface area contributed by atoms with E-state index in [-0.39, 0.29) is 22.9 Å². The van der Waals surface area contributed by atoms with Gasteiger partial charge in [-0.1, -0.05) is 24.3 Å². The number of hydrogen-bond donors (Lipinski definition) is 1. The monoisotopic (exact) mass is 399 g/mol. The molecule has 148 valence electrons. The molecule has 0 radical (unpaired) electrons. The lowest BCUT2D eigenvalue weighted by molar-refractivity contribution is 0.0709. The van der Waals surface area contributed by atoms with Crippen LogP contribution < -0.4 is 9.62 Å². The molecule has 6 nitrogen and oxygen atoms in total. The topological polar surface area (TPSA) is 69.7 Å². The molecule has 1 amide bonds. The van der Waals surface area contributed by atoms with E-state index in [0.29, 0.717) is 25.1 Å². The highest BCUT2D eigenvalue weighted by atomic mass is 32.2. The number of hydrogen-bond acceptors (Lipinski definition) is 4. The van der Waals surface area contributed by atoms with Gasteiger partial charge >= 0.3 is 0 Å². The summed E-state index contributed by atoms with van der Waals surface area (Å²) in [7, 11) is -3.75. The summed E-state index contributed by atoms with van der Waals surface area (Å²) in [6.07, 6.45) is 0.687. The molecule has 2 aromatic carbocycles. The zero-order valence-corrected chi connectivity index (χ0v) is 16.9. The van der Waals surface area contributed by atoms with E-state index in [9.17, 15) is 13.2 Å². The van der Waals surface area contributed by atoms with Gasteiger partial charge in [-0.05, 0) is 50.1 Å². The van der Waals surface area contributed by atoms with Gasteiger partial charge in [0.25, 0.3) is 15.9 Å². The van der Waals surface area contributed by atoms with E-state index in [0.717, 1.165) is 17.8 Å². The standard InChI is InChI=1S/C21H25N3O3S/c1-15-14-23(11-10-22-15)21(25)18-7-5-8-19(13-18)28(26,27)24-16(2)12-17-6-3-4-9-20(17)24/h3-9,13,15-16,22H,10-12,14H2,1-2H3. The number of rotatable bonds is 3. The summed E-state index contributed by atoms with van der Waals surface area (Å²) in [6.45, 7) is 5.93. The van der Waals surface area contributed by atoms with Gasteiger partial charge in [0.2, 0.25) is 0 Å². The zero-order chi connectivity index (χ0) is 19.9. The summed E-state index contributed by atoms with van der Waals surface area (Å²) in [5.41, 5.74) is 2.17. The molecule has 1 fully saturated rings. The fourth-order valence-corrected chi connectivity index (χ4v) is 5.84. The van der Waals surface area contributed by atoms with E-state index in [1.165, 1.54) is 10.4 Å². The lowest BCUT2D eigenvalue weighted by Gasteiger charge is -2.32. The third-order valence-electron chi connectivity index (χ3n) is 5.44. The lowest BCUT2D eigenvalue weighted by atomic mass is 10.1. The Morgan fingerprint density at radius 1 is 1.11 bits per heavy atom. The first-order valence-electron chi connectivity index (χ1n) is 9.63. The molecular weight excluding hydrogens is 374 g/mol. The van der Waals surface area contributed by atoms with E-state index in [2.05, 4.69) is 5.32 Å². The summed E-state index contributed by atoms with van der Waals surface area (Å²) in [5, 5.41) is 3.31. The third kappa shape index (κ3) is 3.29. The number of benzene rings is 2. The van der Waals surface area contributed by atoms with Crippen LogP contribution in [-0.2, 0) is 16.4 Å². The molecule has 7 heteroatoms. The number of para-hydroxylation sites is 1. The van der Waals surface area contributed by atoms with Crippen molar-refractivity contribution < 1.29 is 13.2 Å². The van der Waals surface area contributed by atoms with Crippen molar-refractivity contribution >= 4 is 21.6 Å². The molecular formula is C21H25N3O3S. The molecule has 0 saturated carbocycles. The molecule has 0 bridgehead atoms. The Morgan fingerprint density at radius 3 is 2.68 bits per heavy atom. The quantitative estimate of drug-likeness (QED) is 0.860. The van der Waals surface area contributed by atoms with Crippen LogP contribution in [0.15, 0.2) is 53.4 Å². The maximum Gasteiger partial charge on any atom is 0.264 e. The second-order valence-corrected chi connectivity index (χ2v) is 9.43. The normalized spacial score (nSPS) is 22.2. The summed E-state index contributed by atoms with van der Waals surface area (Å²) in [5.74, 6) is -0.125. The molecule has 2 heterocycles. The highest BCUT2D eigenvalue weighted by Gasteiger charge is 2.36. The van der Waals surface area contributed by atoms with Crippen molar-refractivity contribution in [2.75, 3.05) is 23.9 Å². The molecule has 2 aromatic rings. The van der Waals surface area contributed by atoms with Gasteiger partial charge in [-0.15, -0.1) is 0 Å². The Bertz CT molecular complexity index is 1010. The Kier molecular flexibility index (Phi) is 4.89. The molecule has 28 heavy (non-hydrogen) atoms. The summed E-state index contributed by atoms with van der Waals surface area (Å²) in [6, 6.07) is 14.1. The molecule has 2 atom stereocenters. The number of nitrogens with one attached hydrogen (secondary N) is 1. The smallest absolute Gasteiger partial charge is 0.264 e. The van der Waals surface area contributed by atoms with E-state index >= 15 is 0 Å². The first-order valence-corrected chi connectivity index (χ1v) is 11.1. The van der Waals surface area contributed by atoms with Crippen molar-refractivity contribution in [3.05, 3.63) is 59.7 Å². The fraction of sp³-hybridized carbons (Fsp3) is 0.381. The van der Waals surface area contributed by atoms with Gasteiger partial charge in [-0.2, -0.15) is 0 Å². The van der Waals surface area contributed by atoms with E-state index in [1.54, 1.807) is 23.1 Å². The predicted molar refractivity (Wildman–Crippen MR) is 109 cm³/mol. The van der Waals surface area contributed by atoms with Crippen LogP contribution in [0.2, 0.25) is 0 Å². The van der Waals surface area contributed by atoms with Gasteiger partial charge in [0.05, 0.1) is 10.6 Å². The minimum atomic E-state index is -3.75. The molecule has 0 aliphatic carbocycles. The van der Waals surface area contributed by atoms with Crippen molar-refractivity contribution in [2.45, 2.75) is 37.2 Å². The first-order chi connectivity index (χ1) is 13.4. The van der Waals surface area contributed by atoms with E-state index in [4.69, 9.17) is 0 Å². The van der Waals surface area contributed by atoms with Crippen molar-refractivity contribution in [2.24, 2.45) is 0 Å². The number of fused-ring (bicyclic) bond motifs is 1. The Labute approximate surface area is 166 Å². The van der Waals surface area contributed by atoms with Crippen molar-refractivity contribution in [3.63, 3.8) is 0 Å². The van der Waals surface area contributed by atoms with Crippen molar-refractivity contribution in [1.29, 1.82) is 0 Å². The van der Waals surface area contributed by atoms with Crippen molar-refractivity contribution in [3.8, 4) is 0 Å². The number of sulfonamides is 1. The number of amides is 1. The summed E-state index contributed by atoms with van der Waals surface area (Å²) < 4.78 is 28.3. The maximum atomic E-state index is 13.4. The van der Waals surface area contributed by atoms with Gasteiger partial charge in [-0.3, -0.25) is 9.10 Å². The molecule has 2 unspecified atom stereocenters. The molecule has 4 rings (SSSR count). The summed E-state index contributed by atoms with van der Waals surface area (Å²) in [4.78, 5) is 14.8. The number of piperazine rings is 1. The average molecular weight is 400 g/mol. The van der Waals surface area contributed by atoms with Crippen LogP contribution in [0.25, 0.3) is 0 Å². The minimum absolute atomic E-state index is 0.125. The van der Waals surface area contributed by atoms with Crippen molar-refractivity contribution in [1.82, 2.24) is 10.2 Å². The zero-order valence-electron chi connectivity index (χ0n) is 16.1. The second kappa shape index (κ2) is 7.22. The van der Waals surface area contributed by atoms with Gasteiger partial charge < -0.3 is 10.2 Å². The van der Waals surface area contributed by atoms with Crippen LogP contribution in [0.1, 0.15) is 29.8 Å². The SMILES string of the molecule is CC1CN(C(=O)c2cccc(S(=O)(=O)N3c4ccccc4CC3C)c2)CCN1. The van der Waals surface area contributed by atoms with E-state index < -0.39 is 10.0 Å². The van der Waals surface area contributed by atoms with Crippen LogP contribution in [0, 0.1) is 0 Å². The van der Waals surface area contributed by atoms with Gasteiger partial charge in [-0.25, -0.2) is 8.42 Å². The minimum Gasteiger partial charge on any atom is -0.336 e. The van der Waals surface area contributed by atoms with Crippen LogP contribution >= 0.6 is 0 Å². The molecule has 0 aromatic heterocycles. The fourth-order valence-electron chi connectivity index (χ4n) is 4.11. The highest BCUT2D eigenvalue weighted by Crippen LogP contribution is 2.36. The predicted octanol–water partition coefficient (Wildman–Crippen LogP) is 2.26. The maximum absolute atomic E-state index is 13.4. The largest absolute Gasteiger partial charge is 0.336 e. The lowest BCUT2D eigenvalue weighted by Crippen LogP contribution is -2.51. The van der Waals surface area contributed by atoms with Gasteiger partial charge in [0, 0.05) is 37.3 Å². The summed E-state index contributed by atoms with van der Waals surface area (Å²) >= 11 is 0. The van der Waals surface area contributed by atoms with E-state index in [1.807, 2.05) is 38.1 Å².